The third kappa shape index (κ3) is 3.59. The quantitative estimate of drug-likeness (QED) is 0.907. The van der Waals surface area contributed by atoms with Crippen molar-refractivity contribution in [2.75, 3.05) is 12.4 Å². The van der Waals surface area contributed by atoms with E-state index in [0.717, 1.165) is 17.1 Å². The minimum Gasteiger partial charge on any atom is -0.494 e. The van der Waals surface area contributed by atoms with Gasteiger partial charge in [0.1, 0.15) is 5.75 Å². The molecule has 0 aliphatic carbocycles. The number of hydrogen-bond donors (Lipinski definition) is 1. The van der Waals surface area contributed by atoms with Gasteiger partial charge in [-0.15, -0.1) is 11.8 Å². The smallest absolute Gasteiger partial charge is 0.225 e. The molecule has 4 nitrogen and oxygen atoms in total. The molecule has 0 saturated carbocycles. The van der Waals surface area contributed by atoms with Gasteiger partial charge in [-0.1, -0.05) is 19.1 Å². The Morgan fingerprint density at radius 2 is 2.10 bits per heavy atom. The lowest BCUT2D eigenvalue weighted by molar-refractivity contribution is -0.120. The van der Waals surface area contributed by atoms with E-state index in [2.05, 4.69) is 11.4 Å². The zero-order valence-corrected chi connectivity index (χ0v) is 13.0. The van der Waals surface area contributed by atoms with Gasteiger partial charge in [0.15, 0.2) is 0 Å². The molecule has 5 heteroatoms. The third-order valence-electron chi connectivity index (χ3n) is 3.24. The Kier molecular flexibility index (Phi) is 5.29. The van der Waals surface area contributed by atoms with E-state index in [1.807, 2.05) is 38.1 Å². The van der Waals surface area contributed by atoms with Crippen molar-refractivity contribution in [1.82, 2.24) is 5.32 Å². The highest BCUT2D eigenvalue weighted by atomic mass is 32.2. The number of rotatable bonds is 5. The number of nitrogens with one attached hydrogen (secondary N) is 1. The zero-order chi connectivity index (χ0) is 15.2. The van der Waals surface area contributed by atoms with Crippen molar-refractivity contribution in [3.63, 3.8) is 0 Å². The fourth-order valence-electron chi connectivity index (χ4n) is 2.33. The molecular weight excluding hydrogens is 284 g/mol. The molecule has 0 saturated heterocycles. The highest BCUT2D eigenvalue weighted by Gasteiger charge is 2.29. The van der Waals surface area contributed by atoms with Gasteiger partial charge in [-0.05, 0) is 30.4 Å². The summed E-state index contributed by atoms with van der Waals surface area (Å²) >= 11 is 1.50. The van der Waals surface area contributed by atoms with E-state index in [-0.39, 0.29) is 11.8 Å². The molecule has 0 unspecified atom stereocenters. The first-order valence-corrected chi connectivity index (χ1v) is 7.97. The van der Waals surface area contributed by atoms with E-state index in [1.165, 1.54) is 11.8 Å². The largest absolute Gasteiger partial charge is 0.494 e. The molecule has 0 fully saturated rings. The predicted octanol–water partition coefficient (Wildman–Crippen LogP) is 3.18. The van der Waals surface area contributed by atoms with Crippen LogP contribution in [0.3, 0.4) is 0 Å². The number of thioether (sulfide) groups is 1. The summed E-state index contributed by atoms with van der Waals surface area (Å²) in [7, 11) is 0. The first-order valence-electron chi connectivity index (χ1n) is 6.99. The van der Waals surface area contributed by atoms with E-state index < -0.39 is 0 Å². The maximum Gasteiger partial charge on any atom is 0.225 e. The molecule has 1 atom stereocenters. The monoisotopic (exact) mass is 302 g/mol. The molecule has 1 aromatic carbocycles. The molecule has 1 amide bonds. The van der Waals surface area contributed by atoms with Crippen LogP contribution in [0.2, 0.25) is 0 Å². The standard InChI is InChI=1S/C16H18N2O2S/c1-3-20-12-7-5-11(6-8-12)13-9-15(19)18-16(21-4-2)14(13)10-17/h5-8,13H,3-4,9H2,1-2H3,(H,18,19)/t13-/m0/s1. The van der Waals surface area contributed by atoms with Gasteiger partial charge in [-0.3, -0.25) is 4.79 Å². The van der Waals surface area contributed by atoms with Gasteiger partial charge in [0.2, 0.25) is 5.91 Å². The average Bonchev–Trinajstić information content (AvgIpc) is 2.48. The second-order valence-electron chi connectivity index (χ2n) is 4.59. The molecule has 1 heterocycles. The zero-order valence-electron chi connectivity index (χ0n) is 12.2. The number of nitrogens with zero attached hydrogens (tertiary/aromatic N) is 1. The number of ether oxygens (including phenoxy) is 1. The summed E-state index contributed by atoms with van der Waals surface area (Å²) in [5.41, 5.74) is 1.62. The molecule has 0 spiro atoms. The van der Waals surface area contributed by atoms with Gasteiger partial charge in [-0.2, -0.15) is 5.26 Å². The second-order valence-corrected chi connectivity index (χ2v) is 5.87. The number of benzene rings is 1. The Hall–Kier alpha value is -1.93. The molecule has 0 aromatic heterocycles. The maximum absolute atomic E-state index is 11.9. The molecule has 1 N–H and O–H groups in total. The van der Waals surface area contributed by atoms with Crippen LogP contribution in [0.25, 0.3) is 0 Å². The second kappa shape index (κ2) is 7.19. The molecule has 21 heavy (non-hydrogen) atoms. The number of carbonyl (C=O) groups is 1. The van der Waals surface area contributed by atoms with Crippen LogP contribution in [0, 0.1) is 11.3 Å². The lowest BCUT2D eigenvalue weighted by atomic mass is 9.87. The van der Waals surface area contributed by atoms with Crippen molar-refractivity contribution in [1.29, 1.82) is 5.26 Å². The van der Waals surface area contributed by atoms with Gasteiger partial charge < -0.3 is 10.1 Å². The molecule has 0 bridgehead atoms. The highest BCUT2D eigenvalue weighted by Crippen LogP contribution is 2.36. The molecule has 110 valence electrons. The van der Waals surface area contributed by atoms with Gasteiger partial charge >= 0.3 is 0 Å². The van der Waals surface area contributed by atoms with Crippen LogP contribution in [0.15, 0.2) is 34.9 Å². The minimum atomic E-state index is -0.173. The van der Waals surface area contributed by atoms with E-state index in [4.69, 9.17) is 4.74 Å². The van der Waals surface area contributed by atoms with Crippen LogP contribution in [-0.2, 0) is 4.79 Å². The van der Waals surface area contributed by atoms with Crippen LogP contribution >= 0.6 is 11.8 Å². The molecule has 0 radical (unpaired) electrons. The van der Waals surface area contributed by atoms with Crippen molar-refractivity contribution in [2.45, 2.75) is 26.2 Å². The summed E-state index contributed by atoms with van der Waals surface area (Å²) in [5.74, 6) is 1.40. The Balaban J connectivity index is 2.33. The third-order valence-corrected chi connectivity index (χ3v) is 4.14. The molecule has 1 aliphatic heterocycles. The topological polar surface area (TPSA) is 62.1 Å². The Morgan fingerprint density at radius 1 is 1.38 bits per heavy atom. The Morgan fingerprint density at radius 3 is 2.67 bits per heavy atom. The fraction of sp³-hybridized carbons (Fsp3) is 0.375. The van der Waals surface area contributed by atoms with Gasteiger partial charge in [-0.25, -0.2) is 0 Å². The minimum absolute atomic E-state index is 0.0381. The Bertz CT molecular complexity index is 587. The molecule has 2 rings (SSSR count). The fourth-order valence-corrected chi connectivity index (χ4v) is 3.14. The summed E-state index contributed by atoms with van der Waals surface area (Å²) in [6.07, 6.45) is 0.310. The lowest BCUT2D eigenvalue weighted by Gasteiger charge is -2.25. The van der Waals surface area contributed by atoms with Crippen molar-refractivity contribution in [2.24, 2.45) is 0 Å². The van der Waals surface area contributed by atoms with E-state index in [0.29, 0.717) is 23.6 Å². The maximum atomic E-state index is 11.9. The van der Waals surface area contributed by atoms with Crippen molar-refractivity contribution in [3.8, 4) is 11.8 Å². The van der Waals surface area contributed by atoms with Gasteiger partial charge in [0, 0.05) is 12.3 Å². The summed E-state index contributed by atoms with van der Waals surface area (Å²) in [5, 5.41) is 12.9. The normalized spacial score (nSPS) is 18.1. The number of amides is 1. The summed E-state index contributed by atoms with van der Waals surface area (Å²) in [6.45, 7) is 4.55. The summed E-state index contributed by atoms with van der Waals surface area (Å²) in [4.78, 5) is 11.9. The lowest BCUT2D eigenvalue weighted by Crippen LogP contribution is -2.30. The molecular formula is C16H18N2O2S. The van der Waals surface area contributed by atoms with E-state index >= 15 is 0 Å². The first kappa shape index (κ1) is 15.5. The number of carbonyl (C=O) groups excluding carboxylic acids is 1. The highest BCUT2D eigenvalue weighted by molar-refractivity contribution is 8.03. The van der Waals surface area contributed by atoms with Crippen LogP contribution in [-0.4, -0.2) is 18.3 Å². The summed E-state index contributed by atoms with van der Waals surface area (Å²) in [6, 6.07) is 9.89. The average molecular weight is 302 g/mol. The molecule has 1 aliphatic rings. The van der Waals surface area contributed by atoms with Gasteiger partial charge in [0.05, 0.1) is 23.3 Å². The Labute approximate surface area is 129 Å². The van der Waals surface area contributed by atoms with Crippen molar-refractivity contribution < 1.29 is 9.53 Å². The van der Waals surface area contributed by atoms with Crippen molar-refractivity contribution >= 4 is 17.7 Å². The van der Waals surface area contributed by atoms with Crippen LogP contribution in [0.1, 0.15) is 31.7 Å². The van der Waals surface area contributed by atoms with Crippen LogP contribution in [0.5, 0.6) is 5.75 Å². The first-order chi connectivity index (χ1) is 10.2. The van der Waals surface area contributed by atoms with E-state index in [9.17, 15) is 10.1 Å². The number of allylic oxidation sites excluding steroid dienone is 1. The van der Waals surface area contributed by atoms with Crippen molar-refractivity contribution in [3.05, 3.63) is 40.4 Å². The van der Waals surface area contributed by atoms with Crippen LogP contribution < -0.4 is 10.1 Å². The van der Waals surface area contributed by atoms with Gasteiger partial charge in [0.25, 0.3) is 0 Å². The SMILES string of the molecule is CCOc1ccc([C@@H]2CC(=O)NC(SCC)=C2C#N)cc1. The number of hydrogen-bond acceptors (Lipinski definition) is 4. The predicted molar refractivity (Wildman–Crippen MR) is 83.9 cm³/mol. The number of nitriles is 1. The molecule has 1 aromatic rings. The summed E-state index contributed by atoms with van der Waals surface area (Å²) < 4.78 is 5.42. The van der Waals surface area contributed by atoms with Crippen LogP contribution in [0.4, 0.5) is 0 Å². The van der Waals surface area contributed by atoms with E-state index in [1.54, 1.807) is 0 Å².